The van der Waals surface area contributed by atoms with Gasteiger partial charge < -0.3 is 10.4 Å². The monoisotopic (exact) mass is 303 g/mol. The number of nitrogens with zero attached hydrogens (tertiary/aromatic N) is 1. The van der Waals surface area contributed by atoms with Crippen molar-refractivity contribution in [1.82, 2.24) is 10.3 Å². The van der Waals surface area contributed by atoms with Crippen LogP contribution in [0.25, 0.3) is 0 Å². The third-order valence-electron chi connectivity index (χ3n) is 3.06. The Morgan fingerprint density at radius 2 is 2.05 bits per heavy atom. The Morgan fingerprint density at radius 1 is 1.32 bits per heavy atom. The Morgan fingerprint density at radius 3 is 2.73 bits per heavy atom. The summed E-state index contributed by atoms with van der Waals surface area (Å²) < 4.78 is 13.5. The van der Waals surface area contributed by atoms with Crippen molar-refractivity contribution < 1.29 is 14.3 Å². The minimum absolute atomic E-state index is 0.0996. The Kier molecular flexibility index (Phi) is 5.06. The van der Waals surface area contributed by atoms with E-state index in [4.69, 9.17) is 0 Å². The van der Waals surface area contributed by atoms with Crippen LogP contribution >= 0.6 is 0 Å². The van der Waals surface area contributed by atoms with E-state index in [0.29, 0.717) is 5.82 Å². The van der Waals surface area contributed by atoms with Crippen LogP contribution in [0.15, 0.2) is 36.4 Å². The number of rotatable bonds is 4. The lowest BCUT2D eigenvalue weighted by atomic mass is 10.1. The first-order valence-electron chi connectivity index (χ1n) is 6.88. The van der Waals surface area contributed by atoms with Crippen LogP contribution in [0, 0.1) is 19.7 Å². The molecule has 1 heterocycles. The highest BCUT2D eigenvalue weighted by Gasteiger charge is 2.13. The summed E-state index contributed by atoms with van der Waals surface area (Å²) in [4.78, 5) is 16.0. The van der Waals surface area contributed by atoms with E-state index in [-0.39, 0.29) is 12.1 Å². The number of amides is 2. The third kappa shape index (κ3) is 4.26. The Hall–Kier alpha value is -2.47. The Balaban J connectivity index is 1.91. The van der Waals surface area contributed by atoms with Gasteiger partial charge in [-0.1, -0.05) is 18.2 Å². The van der Waals surface area contributed by atoms with Crippen molar-refractivity contribution in [3.05, 3.63) is 59.0 Å². The van der Waals surface area contributed by atoms with Crippen LogP contribution in [-0.2, 0) is 0 Å². The number of benzene rings is 1. The van der Waals surface area contributed by atoms with Gasteiger partial charge in [0.25, 0.3) is 0 Å². The Labute approximate surface area is 128 Å². The second-order valence-corrected chi connectivity index (χ2v) is 5.04. The molecule has 0 aliphatic heterocycles. The van der Waals surface area contributed by atoms with Gasteiger partial charge in [-0.3, -0.25) is 5.32 Å². The molecule has 1 aromatic carbocycles. The van der Waals surface area contributed by atoms with Gasteiger partial charge in [0.05, 0.1) is 6.10 Å². The van der Waals surface area contributed by atoms with Gasteiger partial charge in [-0.05, 0) is 37.6 Å². The first kappa shape index (κ1) is 15.9. The van der Waals surface area contributed by atoms with E-state index in [0.717, 1.165) is 11.3 Å². The number of pyridine rings is 1. The number of carbonyl (C=O) groups is 1. The maximum Gasteiger partial charge on any atom is 0.320 e. The van der Waals surface area contributed by atoms with Crippen LogP contribution in [0.2, 0.25) is 0 Å². The van der Waals surface area contributed by atoms with Gasteiger partial charge in [-0.2, -0.15) is 0 Å². The van der Waals surface area contributed by atoms with Crippen molar-refractivity contribution in [3.63, 3.8) is 0 Å². The molecular formula is C16H18FN3O2. The molecule has 0 saturated heterocycles. The lowest BCUT2D eigenvalue weighted by Crippen LogP contribution is -2.32. The average molecular weight is 303 g/mol. The molecular weight excluding hydrogens is 285 g/mol. The van der Waals surface area contributed by atoms with Gasteiger partial charge in [-0.25, -0.2) is 14.2 Å². The molecule has 22 heavy (non-hydrogen) atoms. The largest absolute Gasteiger partial charge is 0.386 e. The fourth-order valence-electron chi connectivity index (χ4n) is 2.11. The number of hydrogen-bond donors (Lipinski definition) is 3. The molecule has 0 bridgehead atoms. The lowest BCUT2D eigenvalue weighted by Gasteiger charge is -2.13. The molecule has 0 aliphatic carbocycles. The second kappa shape index (κ2) is 7.00. The van der Waals surface area contributed by atoms with E-state index >= 15 is 0 Å². The number of halogens is 1. The lowest BCUT2D eigenvalue weighted by molar-refractivity contribution is 0.170. The van der Waals surface area contributed by atoms with Gasteiger partial charge in [0, 0.05) is 17.8 Å². The van der Waals surface area contributed by atoms with Crippen LogP contribution < -0.4 is 10.6 Å². The van der Waals surface area contributed by atoms with E-state index < -0.39 is 18.0 Å². The summed E-state index contributed by atoms with van der Waals surface area (Å²) in [5.74, 6) is -0.0800. The maximum atomic E-state index is 13.5. The van der Waals surface area contributed by atoms with Crippen LogP contribution in [0.4, 0.5) is 15.0 Å². The summed E-state index contributed by atoms with van der Waals surface area (Å²) in [5, 5.41) is 15.0. The smallest absolute Gasteiger partial charge is 0.320 e. The molecule has 0 fully saturated rings. The molecule has 1 unspecified atom stereocenters. The fourth-order valence-corrected chi connectivity index (χ4v) is 2.11. The molecule has 0 saturated carbocycles. The molecule has 3 N–H and O–H groups in total. The molecule has 5 nitrogen and oxygen atoms in total. The quantitative estimate of drug-likeness (QED) is 0.813. The first-order chi connectivity index (χ1) is 10.5. The predicted molar refractivity (Wildman–Crippen MR) is 82.1 cm³/mol. The zero-order valence-electron chi connectivity index (χ0n) is 12.4. The molecule has 2 rings (SSSR count). The van der Waals surface area contributed by atoms with Crippen molar-refractivity contribution in [1.29, 1.82) is 0 Å². The summed E-state index contributed by atoms with van der Waals surface area (Å²) in [6.07, 6.45) is -1.11. The van der Waals surface area contributed by atoms with Gasteiger partial charge in [0.15, 0.2) is 0 Å². The summed E-state index contributed by atoms with van der Waals surface area (Å²) >= 11 is 0. The number of aliphatic hydroxyl groups is 1. The van der Waals surface area contributed by atoms with E-state index in [1.807, 2.05) is 19.9 Å². The number of hydrogen-bond acceptors (Lipinski definition) is 3. The van der Waals surface area contributed by atoms with Gasteiger partial charge >= 0.3 is 6.03 Å². The number of aryl methyl sites for hydroxylation is 2. The number of aromatic nitrogens is 1. The van der Waals surface area contributed by atoms with E-state index in [9.17, 15) is 14.3 Å². The molecule has 0 aliphatic rings. The fraction of sp³-hybridized carbons (Fsp3) is 0.250. The minimum atomic E-state index is -1.11. The van der Waals surface area contributed by atoms with E-state index in [1.54, 1.807) is 12.1 Å². The maximum absolute atomic E-state index is 13.5. The summed E-state index contributed by atoms with van der Waals surface area (Å²) in [7, 11) is 0. The van der Waals surface area contributed by atoms with Crippen molar-refractivity contribution >= 4 is 11.8 Å². The molecule has 2 amide bonds. The molecule has 0 radical (unpaired) electrons. The summed E-state index contributed by atoms with van der Waals surface area (Å²) in [5.41, 5.74) is 1.92. The number of nitrogens with one attached hydrogen (secondary N) is 2. The molecule has 6 heteroatoms. The van der Waals surface area contributed by atoms with Crippen molar-refractivity contribution in [3.8, 4) is 0 Å². The summed E-state index contributed by atoms with van der Waals surface area (Å²) in [6.45, 7) is 3.63. The molecule has 116 valence electrons. The van der Waals surface area contributed by atoms with Gasteiger partial charge in [0.1, 0.15) is 11.6 Å². The second-order valence-electron chi connectivity index (χ2n) is 5.04. The molecule has 0 spiro atoms. The highest BCUT2D eigenvalue weighted by Crippen LogP contribution is 2.15. The zero-order valence-corrected chi connectivity index (χ0v) is 12.4. The number of urea groups is 1. The predicted octanol–water partition coefficient (Wildman–Crippen LogP) is 2.69. The van der Waals surface area contributed by atoms with Gasteiger partial charge in [-0.15, -0.1) is 0 Å². The van der Waals surface area contributed by atoms with Crippen molar-refractivity contribution in [2.24, 2.45) is 0 Å². The SMILES string of the molecule is Cc1cc(C)nc(NC(=O)NCC(O)c2ccccc2F)c1. The van der Waals surface area contributed by atoms with Crippen LogP contribution in [0.1, 0.15) is 22.9 Å². The Bertz CT molecular complexity index is 656. The molecule has 1 atom stereocenters. The van der Waals surface area contributed by atoms with Crippen LogP contribution in [0.5, 0.6) is 0 Å². The minimum Gasteiger partial charge on any atom is -0.386 e. The number of anilines is 1. The van der Waals surface area contributed by atoms with E-state index in [1.165, 1.54) is 18.2 Å². The normalized spacial score (nSPS) is 11.8. The number of carbonyl (C=O) groups excluding carboxylic acids is 1. The zero-order chi connectivity index (χ0) is 16.1. The average Bonchev–Trinajstić information content (AvgIpc) is 2.44. The standard InChI is InChI=1S/C16H18FN3O2/c1-10-7-11(2)19-15(8-10)20-16(22)18-9-14(21)12-5-3-4-6-13(12)17/h3-8,14,21H,9H2,1-2H3,(H2,18,19,20,22). The van der Waals surface area contributed by atoms with Crippen LogP contribution in [0.3, 0.4) is 0 Å². The molecule has 2 aromatic rings. The van der Waals surface area contributed by atoms with Crippen LogP contribution in [-0.4, -0.2) is 22.7 Å². The summed E-state index contributed by atoms with van der Waals surface area (Å²) in [6, 6.07) is 9.03. The topological polar surface area (TPSA) is 74.2 Å². The first-order valence-corrected chi connectivity index (χ1v) is 6.88. The van der Waals surface area contributed by atoms with Crippen molar-refractivity contribution in [2.45, 2.75) is 20.0 Å². The van der Waals surface area contributed by atoms with Gasteiger partial charge in [0.2, 0.25) is 0 Å². The molecule has 1 aromatic heterocycles. The third-order valence-corrected chi connectivity index (χ3v) is 3.06. The van der Waals surface area contributed by atoms with Crippen molar-refractivity contribution in [2.75, 3.05) is 11.9 Å². The highest BCUT2D eigenvalue weighted by atomic mass is 19.1. The van der Waals surface area contributed by atoms with E-state index in [2.05, 4.69) is 15.6 Å². The number of aliphatic hydroxyl groups excluding tert-OH is 1. The highest BCUT2D eigenvalue weighted by molar-refractivity contribution is 5.88.